The van der Waals surface area contributed by atoms with E-state index >= 15 is 0 Å². The summed E-state index contributed by atoms with van der Waals surface area (Å²) in [4.78, 5) is 3.32. The number of anilines is 1. The maximum Gasteiger partial charge on any atom is 0.140 e. The zero-order valence-electron chi connectivity index (χ0n) is 26.9. The van der Waals surface area contributed by atoms with E-state index < -0.39 is 0 Å². The Hall–Kier alpha value is -3.98. The minimum absolute atomic E-state index is 0.105. The van der Waals surface area contributed by atoms with Crippen molar-refractivity contribution in [3.05, 3.63) is 71.1 Å². The molecule has 1 aliphatic rings. The number of allylic oxidation sites excluding steroid dienone is 2. The van der Waals surface area contributed by atoms with Gasteiger partial charge in [0.1, 0.15) is 22.9 Å². The van der Waals surface area contributed by atoms with Crippen LogP contribution in [0.4, 0.5) is 16.4 Å². The molecule has 3 heterocycles. The predicted molar refractivity (Wildman–Crippen MR) is 189 cm³/mol. The van der Waals surface area contributed by atoms with Gasteiger partial charge in [0.05, 0.1) is 23.4 Å². The topological polar surface area (TPSA) is 84.8 Å². The quantitative estimate of drug-likeness (QED) is 0.0932. The summed E-state index contributed by atoms with van der Waals surface area (Å²) >= 11 is 3.03. The molecule has 0 amide bonds. The smallest absolute Gasteiger partial charge is 0.140 e. The highest BCUT2D eigenvalue weighted by Crippen LogP contribution is 2.43. The lowest BCUT2D eigenvalue weighted by Gasteiger charge is -2.54. The monoisotopic (exact) mass is 635 g/mol. The Morgan fingerprint density at radius 3 is 2.11 bits per heavy atom. The number of ether oxygens (including phenoxy) is 1. The molecule has 0 saturated carbocycles. The summed E-state index contributed by atoms with van der Waals surface area (Å²) in [6, 6.07) is 24.3. The highest BCUT2D eigenvalue weighted by Gasteiger charge is 2.41. The van der Waals surface area contributed by atoms with Crippen LogP contribution in [0.1, 0.15) is 90.0 Å². The van der Waals surface area contributed by atoms with Crippen molar-refractivity contribution in [3.8, 4) is 17.9 Å². The standard InChI is InChI=1S/C37H41N5OS2/c1-6-7-8-9-21-43-29-17-11-26(12-18-29)30(24-38)31(25-39)32-22-33-34(44-32)23-35(45-33)41-40-27-13-15-28(16-14-27)42-36(2,3)19-10-20-37(42,4)5/h11-18,22-23H,6-10,19-21H2,1-5H3/b31-30+,41-40+. The largest absolute Gasteiger partial charge is 0.494 e. The lowest BCUT2D eigenvalue weighted by molar-refractivity contribution is 0.244. The van der Waals surface area contributed by atoms with Gasteiger partial charge in [0, 0.05) is 31.0 Å². The summed E-state index contributed by atoms with van der Waals surface area (Å²) in [5.74, 6) is 0.773. The summed E-state index contributed by atoms with van der Waals surface area (Å²) in [6.45, 7) is 12.2. The van der Waals surface area contributed by atoms with E-state index in [2.05, 4.69) is 74.0 Å². The summed E-state index contributed by atoms with van der Waals surface area (Å²) < 4.78 is 7.89. The number of hydrogen-bond acceptors (Lipinski definition) is 8. The normalized spacial score (nSPS) is 16.4. The third-order valence-corrected chi connectivity index (χ3v) is 10.7. The number of nitriles is 2. The molecule has 232 valence electrons. The van der Waals surface area contributed by atoms with E-state index in [0.717, 1.165) is 43.6 Å². The number of nitrogens with zero attached hydrogens (tertiary/aromatic N) is 5. The van der Waals surface area contributed by atoms with E-state index in [9.17, 15) is 10.5 Å². The SMILES string of the molecule is CCCCCCOc1ccc(/C(C#N)=C(\C#N)c2cc3sc(/N=N/c4ccc(N5C(C)(C)CCCC5(C)C)cc4)cc3s2)cc1. The Morgan fingerprint density at radius 1 is 0.822 bits per heavy atom. The third-order valence-electron chi connectivity index (χ3n) is 8.48. The van der Waals surface area contributed by atoms with Crippen LogP contribution in [0.3, 0.4) is 0 Å². The van der Waals surface area contributed by atoms with Gasteiger partial charge in [-0.05, 0) is 120 Å². The van der Waals surface area contributed by atoms with Crippen molar-refractivity contribution in [2.24, 2.45) is 10.2 Å². The van der Waals surface area contributed by atoms with Gasteiger partial charge < -0.3 is 9.64 Å². The van der Waals surface area contributed by atoms with Crippen molar-refractivity contribution in [2.45, 2.75) is 90.6 Å². The number of azo groups is 1. The van der Waals surface area contributed by atoms with Gasteiger partial charge in [-0.2, -0.15) is 10.5 Å². The number of benzene rings is 2. The van der Waals surface area contributed by atoms with Crippen LogP contribution in [0.2, 0.25) is 0 Å². The van der Waals surface area contributed by atoms with E-state index in [-0.39, 0.29) is 11.1 Å². The molecule has 0 N–H and O–H groups in total. The van der Waals surface area contributed by atoms with Crippen LogP contribution in [-0.4, -0.2) is 17.7 Å². The molecule has 2 aromatic carbocycles. The van der Waals surface area contributed by atoms with Crippen molar-refractivity contribution < 1.29 is 4.74 Å². The lowest BCUT2D eigenvalue weighted by atomic mass is 9.79. The average molecular weight is 636 g/mol. The molecular formula is C37H41N5OS2. The molecule has 0 aliphatic carbocycles. The number of fused-ring (bicyclic) bond motifs is 1. The molecule has 0 spiro atoms. The van der Waals surface area contributed by atoms with E-state index in [4.69, 9.17) is 4.74 Å². The van der Waals surface area contributed by atoms with Crippen molar-refractivity contribution in [1.29, 1.82) is 10.5 Å². The van der Waals surface area contributed by atoms with Crippen LogP contribution in [-0.2, 0) is 0 Å². The van der Waals surface area contributed by atoms with Crippen LogP contribution in [0.15, 0.2) is 70.9 Å². The number of thiophene rings is 2. The molecule has 45 heavy (non-hydrogen) atoms. The molecule has 8 heteroatoms. The van der Waals surface area contributed by atoms with Gasteiger partial charge in [-0.1, -0.05) is 26.2 Å². The zero-order chi connectivity index (χ0) is 32.0. The molecular weight excluding hydrogens is 595 g/mol. The van der Waals surface area contributed by atoms with Crippen LogP contribution in [0.5, 0.6) is 5.75 Å². The van der Waals surface area contributed by atoms with Gasteiger partial charge in [-0.15, -0.1) is 32.9 Å². The highest BCUT2D eigenvalue weighted by atomic mass is 32.1. The van der Waals surface area contributed by atoms with Crippen LogP contribution >= 0.6 is 22.7 Å². The molecule has 5 rings (SSSR count). The first-order valence-electron chi connectivity index (χ1n) is 15.8. The number of hydrogen-bond donors (Lipinski definition) is 0. The second-order valence-corrected chi connectivity index (χ2v) is 15.0. The molecule has 1 fully saturated rings. The van der Waals surface area contributed by atoms with Gasteiger partial charge in [-0.25, -0.2) is 0 Å². The second-order valence-electron chi connectivity index (χ2n) is 12.9. The summed E-state index contributed by atoms with van der Waals surface area (Å²) in [6.07, 6.45) is 8.21. The van der Waals surface area contributed by atoms with Crippen LogP contribution < -0.4 is 9.64 Å². The Morgan fingerprint density at radius 2 is 1.49 bits per heavy atom. The molecule has 6 nitrogen and oxygen atoms in total. The second kappa shape index (κ2) is 14.0. The Labute approximate surface area is 275 Å². The Bertz CT molecular complexity index is 1710. The van der Waals surface area contributed by atoms with Crippen LogP contribution in [0, 0.1) is 22.7 Å². The summed E-state index contributed by atoms with van der Waals surface area (Å²) in [5.41, 5.74) is 3.68. The number of piperidine rings is 1. The molecule has 0 atom stereocenters. The first-order chi connectivity index (χ1) is 21.6. The van der Waals surface area contributed by atoms with E-state index in [1.165, 1.54) is 60.5 Å². The summed E-state index contributed by atoms with van der Waals surface area (Å²) in [7, 11) is 0. The van der Waals surface area contributed by atoms with Gasteiger partial charge in [0.2, 0.25) is 0 Å². The predicted octanol–water partition coefficient (Wildman–Crippen LogP) is 11.8. The Balaban J connectivity index is 1.29. The van der Waals surface area contributed by atoms with Gasteiger partial charge >= 0.3 is 0 Å². The van der Waals surface area contributed by atoms with Crippen molar-refractivity contribution >= 4 is 59.6 Å². The van der Waals surface area contributed by atoms with Crippen molar-refractivity contribution in [3.63, 3.8) is 0 Å². The minimum Gasteiger partial charge on any atom is -0.494 e. The van der Waals surface area contributed by atoms with Gasteiger partial charge in [-0.3, -0.25) is 0 Å². The molecule has 0 bridgehead atoms. The molecule has 4 aromatic rings. The van der Waals surface area contributed by atoms with E-state index in [1.54, 1.807) is 0 Å². The highest BCUT2D eigenvalue weighted by molar-refractivity contribution is 7.30. The molecule has 0 radical (unpaired) electrons. The van der Waals surface area contributed by atoms with Gasteiger partial charge in [0.15, 0.2) is 0 Å². The molecule has 1 aliphatic heterocycles. The maximum atomic E-state index is 10.1. The van der Waals surface area contributed by atoms with E-state index in [0.29, 0.717) is 23.3 Å². The van der Waals surface area contributed by atoms with Gasteiger partial charge in [0.25, 0.3) is 0 Å². The minimum atomic E-state index is 0.105. The van der Waals surface area contributed by atoms with Crippen LogP contribution in [0.25, 0.3) is 20.5 Å². The zero-order valence-corrected chi connectivity index (χ0v) is 28.5. The third kappa shape index (κ3) is 7.47. The fourth-order valence-electron chi connectivity index (χ4n) is 6.40. The van der Waals surface area contributed by atoms with Crippen molar-refractivity contribution in [2.75, 3.05) is 11.5 Å². The number of rotatable bonds is 11. The molecule has 2 aromatic heterocycles. The number of unbranched alkanes of at least 4 members (excludes halogenated alkanes) is 3. The summed E-state index contributed by atoms with van der Waals surface area (Å²) in [5, 5.41) is 29.9. The molecule has 0 unspecified atom stereocenters. The molecule has 1 saturated heterocycles. The maximum absolute atomic E-state index is 10.1. The fourth-order valence-corrected chi connectivity index (χ4v) is 8.61. The first kappa shape index (κ1) is 32.4. The van der Waals surface area contributed by atoms with E-state index in [1.807, 2.05) is 48.5 Å². The Kier molecular flexibility index (Phi) is 10.1. The van der Waals surface area contributed by atoms with Crippen molar-refractivity contribution in [1.82, 2.24) is 0 Å². The average Bonchev–Trinajstić information content (AvgIpc) is 3.58. The first-order valence-corrected chi connectivity index (χ1v) is 17.4. The fraction of sp³-hybridized carbons (Fsp3) is 0.405. The lowest BCUT2D eigenvalue weighted by Crippen LogP contribution is -2.58.